The van der Waals surface area contributed by atoms with Crippen LogP contribution in [0.1, 0.15) is 5.56 Å². The van der Waals surface area contributed by atoms with Crippen molar-refractivity contribution in [1.29, 1.82) is 0 Å². The van der Waals surface area contributed by atoms with Gasteiger partial charge >= 0.3 is 0 Å². The molecule has 0 nitrogen and oxygen atoms in total. The van der Waals surface area contributed by atoms with Crippen molar-refractivity contribution in [3.63, 3.8) is 0 Å². The number of rotatable bonds is 0. The van der Waals surface area contributed by atoms with Crippen LogP contribution in [0.4, 0.5) is 4.39 Å². The zero-order chi connectivity index (χ0) is 12.9. The van der Waals surface area contributed by atoms with Crippen molar-refractivity contribution in [3.8, 4) is 0 Å². The van der Waals surface area contributed by atoms with Gasteiger partial charge in [0.15, 0.2) is 0 Å². The van der Waals surface area contributed by atoms with E-state index in [1.807, 2.05) is 24.3 Å². The smallest absolute Gasteiger partial charge is 0.145 e. The summed E-state index contributed by atoms with van der Waals surface area (Å²) in [5.74, 6) is -0.202. The Bertz CT molecular complexity index is 778. The standard InChI is InChI=1S/C15H9Br2F/c1-8-6-9(16)7-13-10(8)2-3-12-11(13)4-5-14(17)15(12)18/h2-7H,1H3. The van der Waals surface area contributed by atoms with Crippen LogP contribution in [0.25, 0.3) is 21.5 Å². The van der Waals surface area contributed by atoms with E-state index in [-0.39, 0.29) is 5.82 Å². The number of hydrogen-bond acceptors (Lipinski definition) is 0. The highest BCUT2D eigenvalue weighted by Crippen LogP contribution is 2.33. The molecular formula is C15H9Br2F. The van der Waals surface area contributed by atoms with Crippen LogP contribution in [0.15, 0.2) is 45.3 Å². The minimum atomic E-state index is -0.202. The summed E-state index contributed by atoms with van der Waals surface area (Å²) in [6.45, 7) is 2.06. The maximum atomic E-state index is 14.1. The molecule has 0 spiro atoms. The lowest BCUT2D eigenvalue weighted by atomic mass is 9.99. The van der Waals surface area contributed by atoms with E-state index >= 15 is 0 Å². The van der Waals surface area contributed by atoms with Gasteiger partial charge in [-0.25, -0.2) is 4.39 Å². The molecule has 0 heterocycles. The normalized spacial score (nSPS) is 11.3. The first-order chi connectivity index (χ1) is 8.58. The van der Waals surface area contributed by atoms with Gasteiger partial charge in [-0.05, 0) is 62.8 Å². The quantitative estimate of drug-likeness (QED) is 0.429. The Labute approximate surface area is 121 Å². The maximum absolute atomic E-state index is 14.1. The van der Waals surface area contributed by atoms with E-state index in [9.17, 15) is 4.39 Å². The van der Waals surface area contributed by atoms with Gasteiger partial charge in [0.25, 0.3) is 0 Å². The molecule has 18 heavy (non-hydrogen) atoms. The molecule has 0 saturated heterocycles. The van der Waals surface area contributed by atoms with Crippen LogP contribution >= 0.6 is 31.9 Å². The average molecular weight is 368 g/mol. The Kier molecular flexibility index (Phi) is 2.91. The lowest BCUT2D eigenvalue weighted by Crippen LogP contribution is -1.86. The highest BCUT2D eigenvalue weighted by Gasteiger charge is 2.09. The minimum absolute atomic E-state index is 0.202. The molecule has 0 aliphatic heterocycles. The highest BCUT2D eigenvalue weighted by atomic mass is 79.9. The topological polar surface area (TPSA) is 0 Å². The Morgan fingerprint density at radius 3 is 2.28 bits per heavy atom. The van der Waals surface area contributed by atoms with Crippen LogP contribution in [0, 0.1) is 12.7 Å². The van der Waals surface area contributed by atoms with Crippen molar-refractivity contribution in [2.45, 2.75) is 6.92 Å². The molecule has 0 aromatic heterocycles. The Hall–Kier alpha value is -0.930. The predicted octanol–water partition coefficient (Wildman–Crippen LogP) is 5.97. The van der Waals surface area contributed by atoms with Crippen molar-refractivity contribution in [3.05, 3.63) is 56.7 Å². The summed E-state index contributed by atoms with van der Waals surface area (Å²) in [6.07, 6.45) is 0. The van der Waals surface area contributed by atoms with E-state index < -0.39 is 0 Å². The van der Waals surface area contributed by atoms with E-state index in [1.54, 1.807) is 6.07 Å². The number of halogens is 3. The van der Waals surface area contributed by atoms with Crippen LogP contribution in [-0.2, 0) is 0 Å². The molecule has 3 aromatic rings. The third-order valence-electron chi connectivity index (χ3n) is 3.19. The van der Waals surface area contributed by atoms with Crippen LogP contribution in [0.2, 0.25) is 0 Å². The number of benzene rings is 3. The van der Waals surface area contributed by atoms with Crippen LogP contribution < -0.4 is 0 Å². The van der Waals surface area contributed by atoms with Crippen LogP contribution in [0.3, 0.4) is 0 Å². The van der Waals surface area contributed by atoms with Crippen molar-refractivity contribution in [1.82, 2.24) is 0 Å². The second-order valence-electron chi connectivity index (χ2n) is 4.34. The molecule has 0 saturated carbocycles. The van der Waals surface area contributed by atoms with Gasteiger partial charge < -0.3 is 0 Å². The third kappa shape index (κ3) is 1.77. The monoisotopic (exact) mass is 366 g/mol. The fraction of sp³-hybridized carbons (Fsp3) is 0.0667. The molecule has 3 heteroatoms. The van der Waals surface area contributed by atoms with E-state index in [2.05, 4.69) is 44.8 Å². The number of hydrogen-bond donors (Lipinski definition) is 0. The van der Waals surface area contributed by atoms with Crippen molar-refractivity contribution in [2.24, 2.45) is 0 Å². The summed E-state index contributed by atoms with van der Waals surface area (Å²) in [5.41, 5.74) is 1.18. The van der Waals surface area contributed by atoms with Gasteiger partial charge in [0, 0.05) is 9.86 Å². The Balaban J connectivity index is 2.58. The number of aryl methyl sites for hydroxylation is 1. The van der Waals surface area contributed by atoms with E-state index in [0.717, 1.165) is 20.6 Å². The first-order valence-electron chi connectivity index (χ1n) is 5.54. The van der Waals surface area contributed by atoms with Gasteiger partial charge in [0.05, 0.1) is 4.47 Å². The lowest BCUT2D eigenvalue weighted by molar-refractivity contribution is 0.633. The van der Waals surface area contributed by atoms with Crippen molar-refractivity contribution in [2.75, 3.05) is 0 Å². The third-order valence-corrected chi connectivity index (χ3v) is 4.26. The average Bonchev–Trinajstić information content (AvgIpc) is 2.33. The summed E-state index contributed by atoms with van der Waals surface area (Å²) in [4.78, 5) is 0. The van der Waals surface area contributed by atoms with Crippen LogP contribution in [0.5, 0.6) is 0 Å². The second-order valence-corrected chi connectivity index (χ2v) is 6.11. The first kappa shape index (κ1) is 12.1. The van der Waals surface area contributed by atoms with Gasteiger partial charge in [-0.3, -0.25) is 0 Å². The zero-order valence-electron chi connectivity index (χ0n) is 9.60. The van der Waals surface area contributed by atoms with Gasteiger partial charge in [-0.15, -0.1) is 0 Å². The fourth-order valence-electron chi connectivity index (χ4n) is 2.33. The molecule has 90 valence electrons. The lowest BCUT2D eigenvalue weighted by Gasteiger charge is -2.09. The van der Waals surface area contributed by atoms with Gasteiger partial charge in [-0.2, -0.15) is 0 Å². The molecule has 3 rings (SSSR count). The van der Waals surface area contributed by atoms with Gasteiger partial charge in [0.2, 0.25) is 0 Å². The van der Waals surface area contributed by atoms with Gasteiger partial charge in [0.1, 0.15) is 5.82 Å². The zero-order valence-corrected chi connectivity index (χ0v) is 12.8. The van der Waals surface area contributed by atoms with E-state index in [1.165, 1.54) is 5.56 Å². The minimum Gasteiger partial charge on any atom is -0.205 e. The van der Waals surface area contributed by atoms with E-state index in [0.29, 0.717) is 9.86 Å². The fourth-order valence-corrected chi connectivity index (χ4v) is 3.25. The molecule has 0 aliphatic carbocycles. The highest BCUT2D eigenvalue weighted by molar-refractivity contribution is 9.10. The molecule has 0 bridgehead atoms. The molecule has 0 fully saturated rings. The molecule has 0 N–H and O–H groups in total. The van der Waals surface area contributed by atoms with Crippen molar-refractivity contribution >= 4 is 53.4 Å². The molecule has 3 aromatic carbocycles. The van der Waals surface area contributed by atoms with Crippen LogP contribution in [-0.4, -0.2) is 0 Å². The summed E-state index contributed by atoms with van der Waals surface area (Å²) in [5, 5.41) is 3.82. The molecule has 0 aliphatic rings. The molecular weight excluding hydrogens is 359 g/mol. The van der Waals surface area contributed by atoms with Gasteiger partial charge in [-0.1, -0.05) is 34.1 Å². The van der Waals surface area contributed by atoms with Crippen molar-refractivity contribution < 1.29 is 4.39 Å². The summed E-state index contributed by atoms with van der Waals surface area (Å²) in [7, 11) is 0. The second kappa shape index (κ2) is 4.32. The molecule has 0 amide bonds. The maximum Gasteiger partial charge on any atom is 0.145 e. The molecule has 0 atom stereocenters. The summed E-state index contributed by atoms with van der Waals surface area (Å²) < 4.78 is 15.6. The summed E-state index contributed by atoms with van der Waals surface area (Å²) in [6, 6.07) is 11.7. The van der Waals surface area contributed by atoms with E-state index in [4.69, 9.17) is 0 Å². The number of fused-ring (bicyclic) bond motifs is 3. The Morgan fingerprint density at radius 1 is 0.833 bits per heavy atom. The molecule has 0 unspecified atom stereocenters. The first-order valence-corrected chi connectivity index (χ1v) is 7.13. The molecule has 0 radical (unpaired) electrons. The SMILES string of the molecule is Cc1cc(Br)cc2c1ccc1c(F)c(Br)ccc12. The Morgan fingerprint density at radius 2 is 1.50 bits per heavy atom. The largest absolute Gasteiger partial charge is 0.205 e. The summed E-state index contributed by atoms with van der Waals surface area (Å²) >= 11 is 6.72. The predicted molar refractivity (Wildman–Crippen MR) is 81.5 cm³/mol.